The highest BCUT2D eigenvalue weighted by Crippen LogP contribution is 2.25. The van der Waals surface area contributed by atoms with Gasteiger partial charge in [0.25, 0.3) is 5.56 Å². The van der Waals surface area contributed by atoms with E-state index in [2.05, 4.69) is 20.3 Å². The Balaban J connectivity index is 1.63. The Morgan fingerprint density at radius 3 is 2.60 bits per heavy atom. The first-order valence-electron chi connectivity index (χ1n) is 9.57. The summed E-state index contributed by atoms with van der Waals surface area (Å²) in [4.78, 5) is 25.4. The zero-order valence-electron chi connectivity index (χ0n) is 16.5. The zero-order valence-corrected chi connectivity index (χ0v) is 17.3. The lowest BCUT2D eigenvalue weighted by atomic mass is 10.1. The van der Waals surface area contributed by atoms with Crippen LogP contribution in [0.1, 0.15) is 13.8 Å². The molecule has 0 radical (unpaired) electrons. The van der Waals surface area contributed by atoms with Crippen LogP contribution >= 0.6 is 11.6 Å². The molecule has 156 valence electrons. The number of nitrogens with one attached hydrogen (secondary N) is 2. The topological polar surface area (TPSA) is 83.1 Å². The van der Waals surface area contributed by atoms with E-state index in [9.17, 15) is 9.18 Å². The van der Waals surface area contributed by atoms with Crippen molar-refractivity contribution < 1.29 is 9.13 Å². The van der Waals surface area contributed by atoms with Crippen LogP contribution in [0, 0.1) is 5.82 Å². The van der Waals surface area contributed by atoms with Crippen molar-refractivity contribution in [1.82, 2.24) is 15.0 Å². The molecule has 0 aliphatic carbocycles. The molecule has 4 rings (SSSR count). The van der Waals surface area contributed by atoms with Crippen molar-refractivity contribution in [2.45, 2.75) is 26.1 Å². The Hall–Kier alpha value is -2.97. The van der Waals surface area contributed by atoms with Crippen molar-refractivity contribution in [3.05, 3.63) is 63.9 Å². The number of ether oxygens (including phenoxy) is 1. The molecule has 9 heteroatoms. The zero-order chi connectivity index (χ0) is 21.3. The molecule has 3 heterocycles. The lowest BCUT2D eigenvalue weighted by Crippen LogP contribution is -2.46. The van der Waals surface area contributed by atoms with Crippen molar-refractivity contribution in [3.63, 3.8) is 0 Å². The van der Waals surface area contributed by atoms with Crippen LogP contribution in [0.4, 0.5) is 21.8 Å². The van der Waals surface area contributed by atoms with Gasteiger partial charge in [0.1, 0.15) is 5.69 Å². The van der Waals surface area contributed by atoms with Gasteiger partial charge in [-0.3, -0.25) is 4.79 Å². The number of hydrogen-bond donors (Lipinski definition) is 2. The van der Waals surface area contributed by atoms with Crippen LogP contribution in [0.25, 0.3) is 11.1 Å². The number of morpholine rings is 1. The van der Waals surface area contributed by atoms with E-state index in [1.165, 1.54) is 0 Å². The summed E-state index contributed by atoms with van der Waals surface area (Å²) in [6, 6.07) is 8.83. The predicted molar refractivity (Wildman–Crippen MR) is 115 cm³/mol. The van der Waals surface area contributed by atoms with Crippen LogP contribution in [0.5, 0.6) is 0 Å². The number of benzene rings is 1. The third kappa shape index (κ3) is 4.44. The Labute approximate surface area is 177 Å². The Bertz CT molecular complexity index is 1100. The molecule has 1 aliphatic heterocycles. The first-order valence-corrected chi connectivity index (χ1v) is 9.95. The van der Waals surface area contributed by atoms with Crippen LogP contribution < -0.4 is 15.8 Å². The molecule has 1 saturated heterocycles. The van der Waals surface area contributed by atoms with E-state index in [0.717, 1.165) is 17.3 Å². The minimum absolute atomic E-state index is 0.0118. The molecule has 0 amide bonds. The van der Waals surface area contributed by atoms with Gasteiger partial charge in [-0.15, -0.1) is 0 Å². The highest BCUT2D eigenvalue weighted by Gasteiger charge is 2.25. The first-order chi connectivity index (χ1) is 14.4. The molecule has 30 heavy (non-hydrogen) atoms. The molecule has 0 unspecified atom stereocenters. The van der Waals surface area contributed by atoms with Gasteiger partial charge in [0.2, 0.25) is 5.95 Å². The number of pyridine rings is 1. The first kappa shape index (κ1) is 20.3. The van der Waals surface area contributed by atoms with Gasteiger partial charge < -0.3 is 19.9 Å². The van der Waals surface area contributed by atoms with Gasteiger partial charge in [-0.1, -0.05) is 23.7 Å². The number of nitrogens with zero attached hydrogens (tertiary/aromatic N) is 3. The van der Waals surface area contributed by atoms with Gasteiger partial charge in [-0.05, 0) is 37.6 Å². The Morgan fingerprint density at radius 1 is 1.20 bits per heavy atom. The van der Waals surface area contributed by atoms with E-state index in [-0.39, 0.29) is 29.3 Å². The molecule has 3 aromatic rings. The minimum Gasteiger partial charge on any atom is -0.372 e. The third-order valence-corrected chi connectivity index (χ3v) is 5.02. The second-order valence-electron chi connectivity index (χ2n) is 7.29. The van der Waals surface area contributed by atoms with Crippen molar-refractivity contribution in [1.29, 1.82) is 0 Å². The molecule has 2 N–H and O–H groups in total. The smallest absolute Gasteiger partial charge is 0.271 e. The molecule has 7 nitrogen and oxygen atoms in total. The Morgan fingerprint density at radius 2 is 1.90 bits per heavy atom. The highest BCUT2D eigenvalue weighted by molar-refractivity contribution is 6.30. The molecule has 1 aliphatic rings. The van der Waals surface area contributed by atoms with Gasteiger partial charge in [0.05, 0.1) is 18.4 Å². The average molecular weight is 430 g/mol. The molecule has 2 aromatic heterocycles. The summed E-state index contributed by atoms with van der Waals surface area (Å²) >= 11 is 5.94. The fraction of sp³-hybridized carbons (Fsp3) is 0.286. The molecular weight excluding hydrogens is 409 g/mol. The van der Waals surface area contributed by atoms with Crippen molar-refractivity contribution in [2.75, 3.05) is 23.3 Å². The van der Waals surface area contributed by atoms with Gasteiger partial charge in [0, 0.05) is 29.9 Å². The summed E-state index contributed by atoms with van der Waals surface area (Å²) < 4.78 is 20.1. The summed E-state index contributed by atoms with van der Waals surface area (Å²) in [5.74, 6) is -0.332. The van der Waals surface area contributed by atoms with Crippen molar-refractivity contribution in [3.8, 4) is 11.1 Å². The quantitative estimate of drug-likeness (QED) is 0.652. The van der Waals surface area contributed by atoms with Crippen LogP contribution in [0.3, 0.4) is 0 Å². The van der Waals surface area contributed by atoms with Crippen LogP contribution in [0.15, 0.2) is 47.5 Å². The van der Waals surface area contributed by atoms with Gasteiger partial charge in [-0.25, -0.2) is 9.37 Å². The number of aromatic nitrogens is 3. The van der Waals surface area contributed by atoms with Crippen LogP contribution in [-0.4, -0.2) is 40.2 Å². The molecule has 0 spiro atoms. The fourth-order valence-electron chi connectivity index (χ4n) is 3.45. The summed E-state index contributed by atoms with van der Waals surface area (Å²) in [6.07, 6.45) is 2.72. The van der Waals surface area contributed by atoms with Gasteiger partial charge in [0.15, 0.2) is 11.6 Å². The van der Waals surface area contributed by atoms with Crippen LogP contribution in [-0.2, 0) is 4.74 Å². The number of anilines is 3. The number of aromatic amines is 1. The maximum Gasteiger partial charge on any atom is 0.271 e. The second-order valence-corrected chi connectivity index (χ2v) is 7.73. The Kier molecular flexibility index (Phi) is 5.69. The average Bonchev–Trinajstić information content (AvgIpc) is 2.71. The van der Waals surface area contributed by atoms with Crippen molar-refractivity contribution in [2.24, 2.45) is 0 Å². The summed E-state index contributed by atoms with van der Waals surface area (Å²) in [7, 11) is 0. The number of hydrogen-bond acceptors (Lipinski definition) is 6. The standard InChI is InChI=1S/C21H21ClFN5O2/c1-12-10-28(11-13(2)30-12)21-25-9-17(23)19(27-21)26-18-7-15(8-24-20(18)29)14-3-5-16(22)6-4-14/h3-9,12-13H,10-11H2,1-2H3,(H,24,29)(H,25,26,27)/t12-,13+. The predicted octanol–water partition coefficient (Wildman–Crippen LogP) is 3.98. The van der Waals surface area contributed by atoms with Crippen molar-refractivity contribution >= 4 is 29.1 Å². The molecule has 1 aromatic carbocycles. The number of halogens is 2. The summed E-state index contributed by atoms with van der Waals surface area (Å²) in [5, 5.41) is 3.42. The summed E-state index contributed by atoms with van der Waals surface area (Å²) in [5.41, 5.74) is 1.40. The molecule has 0 bridgehead atoms. The summed E-state index contributed by atoms with van der Waals surface area (Å²) in [6.45, 7) is 5.13. The largest absolute Gasteiger partial charge is 0.372 e. The van der Waals surface area contributed by atoms with E-state index < -0.39 is 5.82 Å². The number of H-pyrrole nitrogens is 1. The molecule has 1 fully saturated rings. The van der Waals surface area contributed by atoms with E-state index in [0.29, 0.717) is 24.1 Å². The minimum atomic E-state index is -0.649. The van der Waals surface area contributed by atoms with E-state index in [1.807, 2.05) is 30.9 Å². The monoisotopic (exact) mass is 429 g/mol. The molecular formula is C21H21ClFN5O2. The molecule has 2 atom stereocenters. The normalized spacial score (nSPS) is 19.0. The van der Waals surface area contributed by atoms with Gasteiger partial charge >= 0.3 is 0 Å². The van der Waals surface area contributed by atoms with E-state index >= 15 is 0 Å². The molecule has 0 saturated carbocycles. The lowest BCUT2D eigenvalue weighted by Gasteiger charge is -2.35. The maximum atomic E-state index is 14.4. The van der Waals surface area contributed by atoms with E-state index in [1.54, 1.807) is 24.4 Å². The number of rotatable bonds is 4. The van der Waals surface area contributed by atoms with E-state index in [4.69, 9.17) is 16.3 Å². The lowest BCUT2D eigenvalue weighted by molar-refractivity contribution is -0.00572. The van der Waals surface area contributed by atoms with Crippen LogP contribution in [0.2, 0.25) is 5.02 Å². The highest BCUT2D eigenvalue weighted by atomic mass is 35.5. The fourth-order valence-corrected chi connectivity index (χ4v) is 3.58. The SMILES string of the molecule is C[C@@H]1CN(c2ncc(F)c(Nc3cc(-c4ccc(Cl)cc4)c[nH]c3=O)n2)C[C@H](C)O1. The second kappa shape index (κ2) is 8.41. The van der Waals surface area contributed by atoms with Gasteiger partial charge in [-0.2, -0.15) is 4.98 Å². The maximum absolute atomic E-state index is 14.4. The third-order valence-electron chi connectivity index (χ3n) is 4.77.